The summed E-state index contributed by atoms with van der Waals surface area (Å²) in [6, 6.07) is 6.96. The summed E-state index contributed by atoms with van der Waals surface area (Å²) < 4.78 is 10.8. The van der Waals surface area contributed by atoms with Gasteiger partial charge in [0.25, 0.3) is 0 Å². The summed E-state index contributed by atoms with van der Waals surface area (Å²) in [6.45, 7) is 5.66. The fourth-order valence-electron chi connectivity index (χ4n) is 2.36. The number of carboxylic acid groups (broad SMARTS) is 1. The van der Waals surface area contributed by atoms with Crippen LogP contribution in [0.2, 0.25) is 0 Å². The summed E-state index contributed by atoms with van der Waals surface area (Å²) in [4.78, 5) is 23.9. The number of carboxylic acids is 1. The van der Waals surface area contributed by atoms with E-state index in [0.29, 0.717) is 41.6 Å². The van der Waals surface area contributed by atoms with Crippen LogP contribution in [0.1, 0.15) is 50.4 Å². The molecule has 0 saturated carbocycles. The number of hydrogen-bond acceptors (Lipinski definition) is 6. The van der Waals surface area contributed by atoms with Gasteiger partial charge >= 0.3 is 5.97 Å². The zero-order valence-electron chi connectivity index (χ0n) is 15.6. The molecule has 144 valence electrons. The Labute approximate surface area is 164 Å². The fraction of sp³-hybridized carbons (Fsp3) is 0.526. The van der Waals surface area contributed by atoms with E-state index in [4.69, 9.17) is 21.7 Å². The first-order chi connectivity index (χ1) is 12.2. The molecule has 1 atom stereocenters. The van der Waals surface area contributed by atoms with E-state index in [1.807, 2.05) is 6.92 Å². The van der Waals surface area contributed by atoms with E-state index in [2.05, 4.69) is 0 Å². The number of rotatable bonds is 10. The minimum Gasteiger partial charge on any atom is -0.497 e. The van der Waals surface area contributed by atoms with E-state index in [0.717, 1.165) is 0 Å². The van der Waals surface area contributed by atoms with E-state index < -0.39 is 11.4 Å². The Kier molecular flexibility index (Phi) is 9.08. The molecule has 0 bridgehead atoms. The number of Topliss-reactive ketones (excluding diaryl/α,β-unsaturated/α-hetero) is 1. The molecule has 0 aliphatic rings. The van der Waals surface area contributed by atoms with Gasteiger partial charge in [0.1, 0.15) is 5.75 Å². The van der Waals surface area contributed by atoms with E-state index in [-0.39, 0.29) is 11.0 Å². The van der Waals surface area contributed by atoms with Crippen molar-refractivity contribution in [1.82, 2.24) is 0 Å². The van der Waals surface area contributed by atoms with Crippen molar-refractivity contribution in [1.29, 1.82) is 0 Å². The minimum atomic E-state index is -0.900. The van der Waals surface area contributed by atoms with Gasteiger partial charge in [0, 0.05) is 17.2 Å². The number of benzene rings is 1. The van der Waals surface area contributed by atoms with Gasteiger partial charge in [-0.25, -0.2) is 0 Å². The van der Waals surface area contributed by atoms with E-state index in [1.54, 1.807) is 45.2 Å². The quantitative estimate of drug-likeness (QED) is 0.457. The number of methoxy groups -OCH3 is 1. The average molecular weight is 399 g/mol. The molecule has 1 unspecified atom stereocenters. The van der Waals surface area contributed by atoms with Crippen LogP contribution in [0.5, 0.6) is 5.75 Å². The van der Waals surface area contributed by atoms with Crippen molar-refractivity contribution in [2.75, 3.05) is 13.7 Å². The number of ether oxygens (including phenoxy) is 2. The van der Waals surface area contributed by atoms with Crippen molar-refractivity contribution in [3.63, 3.8) is 0 Å². The van der Waals surface area contributed by atoms with Crippen molar-refractivity contribution >= 4 is 40.1 Å². The van der Waals surface area contributed by atoms with Gasteiger partial charge in [0.15, 0.2) is 5.78 Å². The molecule has 0 aromatic heterocycles. The van der Waals surface area contributed by atoms with Crippen LogP contribution >= 0.6 is 24.0 Å². The molecule has 1 aromatic carbocycles. The van der Waals surface area contributed by atoms with Gasteiger partial charge in [-0.05, 0) is 70.1 Å². The third kappa shape index (κ3) is 7.33. The molecule has 1 rings (SSSR count). The molecule has 0 aliphatic heterocycles. The Bertz CT molecular complexity index is 625. The Morgan fingerprint density at radius 3 is 2.38 bits per heavy atom. The van der Waals surface area contributed by atoms with Crippen molar-refractivity contribution < 1.29 is 24.2 Å². The summed E-state index contributed by atoms with van der Waals surface area (Å²) in [5, 5.41) is 9.27. The molecule has 0 heterocycles. The van der Waals surface area contributed by atoms with Crippen LogP contribution in [-0.2, 0) is 9.53 Å². The van der Waals surface area contributed by atoms with Gasteiger partial charge in [0.2, 0.25) is 4.38 Å². The number of carbonyl (C=O) groups excluding carboxylic acids is 1. The molecule has 7 heteroatoms. The minimum absolute atomic E-state index is 0.00807. The summed E-state index contributed by atoms with van der Waals surface area (Å²) >= 11 is 6.51. The van der Waals surface area contributed by atoms with Crippen LogP contribution in [0.25, 0.3) is 0 Å². The number of ketones is 1. The lowest BCUT2D eigenvalue weighted by atomic mass is 9.86. The van der Waals surface area contributed by atoms with Crippen molar-refractivity contribution in [3.05, 3.63) is 29.8 Å². The second-order valence-electron chi connectivity index (χ2n) is 6.51. The molecule has 0 spiro atoms. The number of thiocarbonyl (C=S) groups is 1. The van der Waals surface area contributed by atoms with Gasteiger partial charge in [-0.3, -0.25) is 9.59 Å². The highest BCUT2D eigenvalue weighted by Crippen LogP contribution is 2.32. The Balaban J connectivity index is 2.75. The highest BCUT2D eigenvalue weighted by atomic mass is 32.2. The second-order valence-corrected chi connectivity index (χ2v) is 8.41. The largest absolute Gasteiger partial charge is 0.497 e. The van der Waals surface area contributed by atoms with Crippen molar-refractivity contribution in [2.24, 2.45) is 5.41 Å². The molecule has 0 aliphatic carbocycles. The smallest absolute Gasteiger partial charge is 0.309 e. The van der Waals surface area contributed by atoms with Crippen molar-refractivity contribution in [2.45, 2.75) is 45.3 Å². The summed E-state index contributed by atoms with van der Waals surface area (Å²) in [6.07, 6.45) is 1.24. The molecular formula is C19H26O5S2. The van der Waals surface area contributed by atoms with Crippen LogP contribution in [0, 0.1) is 5.41 Å². The average Bonchev–Trinajstić information content (AvgIpc) is 2.59. The normalized spacial score (nSPS) is 12.3. The lowest BCUT2D eigenvalue weighted by molar-refractivity contribution is -0.147. The number of hydrogen-bond donors (Lipinski definition) is 1. The Morgan fingerprint density at radius 1 is 1.27 bits per heavy atom. The molecule has 0 fully saturated rings. The van der Waals surface area contributed by atoms with E-state index in [9.17, 15) is 14.7 Å². The Morgan fingerprint density at radius 2 is 1.88 bits per heavy atom. The topological polar surface area (TPSA) is 72.8 Å². The number of thioether (sulfide) groups is 1. The molecule has 0 radical (unpaired) electrons. The van der Waals surface area contributed by atoms with E-state index in [1.165, 1.54) is 11.8 Å². The first-order valence-corrected chi connectivity index (χ1v) is 9.72. The molecule has 26 heavy (non-hydrogen) atoms. The molecular weight excluding hydrogens is 372 g/mol. The zero-order chi connectivity index (χ0) is 19.7. The van der Waals surface area contributed by atoms with Crippen LogP contribution < -0.4 is 4.74 Å². The zero-order valence-corrected chi connectivity index (χ0v) is 17.2. The van der Waals surface area contributed by atoms with Gasteiger partial charge in [-0.2, -0.15) is 0 Å². The van der Waals surface area contributed by atoms with Gasteiger partial charge in [-0.15, -0.1) is 0 Å². The summed E-state index contributed by atoms with van der Waals surface area (Å²) in [7, 11) is 1.57. The third-order valence-corrected chi connectivity index (χ3v) is 5.40. The molecule has 0 saturated heterocycles. The van der Waals surface area contributed by atoms with E-state index >= 15 is 0 Å². The van der Waals surface area contributed by atoms with Crippen LogP contribution in [0.3, 0.4) is 0 Å². The highest BCUT2D eigenvalue weighted by molar-refractivity contribution is 8.23. The standard InChI is InChI=1S/C19H26O5S2/c1-5-24-18(25)26-15(12-19(2,3)17(21)22)10-11-16(20)13-6-8-14(23-4)9-7-13/h6-9,15H,5,10-12H2,1-4H3,(H,21,22). The molecule has 1 N–H and O–H groups in total. The summed E-state index contributed by atoms with van der Waals surface area (Å²) in [5.41, 5.74) is -0.290. The van der Waals surface area contributed by atoms with Gasteiger partial charge < -0.3 is 14.6 Å². The van der Waals surface area contributed by atoms with Crippen LogP contribution in [0.15, 0.2) is 24.3 Å². The van der Waals surface area contributed by atoms with Crippen LogP contribution in [-0.4, -0.2) is 40.2 Å². The van der Waals surface area contributed by atoms with Crippen LogP contribution in [0.4, 0.5) is 0 Å². The molecule has 1 aromatic rings. The molecule has 5 nitrogen and oxygen atoms in total. The monoisotopic (exact) mass is 398 g/mol. The van der Waals surface area contributed by atoms with Gasteiger partial charge in [-0.1, -0.05) is 11.8 Å². The maximum absolute atomic E-state index is 12.4. The maximum Gasteiger partial charge on any atom is 0.309 e. The number of carbonyl (C=O) groups is 2. The first-order valence-electron chi connectivity index (χ1n) is 8.43. The van der Waals surface area contributed by atoms with Gasteiger partial charge in [0.05, 0.1) is 19.1 Å². The highest BCUT2D eigenvalue weighted by Gasteiger charge is 2.32. The third-order valence-electron chi connectivity index (χ3n) is 3.95. The Hall–Kier alpha value is -1.60. The molecule has 0 amide bonds. The van der Waals surface area contributed by atoms with Crippen molar-refractivity contribution in [3.8, 4) is 5.75 Å². The predicted molar refractivity (Wildman–Crippen MR) is 108 cm³/mol. The SMILES string of the molecule is CCOC(=S)SC(CCC(=O)c1ccc(OC)cc1)CC(C)(C)C(=O)O. The second kappa shape index (κ2) is 10.5. The predicted octanol–water partition coefficient (Wildman–Crippen LogP) is 4.58. The maximum atomic E-state index is 12.4. The fourth-order valence-corrected chi connectivity index (χ4v) is 4.08. The lowest BCUT2D eigenvalue weighted by Gasteiger charge is -2.25. The first kappa shape index (κ1) is 22.4. The number of aliphatic carboxylic acids is 1. The summed E-state index contributed by atoms with van der Waals surface area (Å²) in [5.74, 6) is -0.166. The lowest BCUT2D eigenvalue weighted by Crippen LogP contribution is -2.28.